The molecule has 0 aromatic heterocycles. The lowest BCUT2D eigenvalue weighted by atomic mass is 10.1. The molecule has 0 amide bonds. The lowest BCUT2D eigenvalue weighted by Crippen LogP contribution is -2.32. The second-order valence-electron chi connectivity index (χ2n) is 4.28. The quantitative estimate of drug-likeness (QED) is 0.321. The second-order valence-corrected chi connectivity index (χ2v) is 4.71. The predicted octanol–water partition coefficient (Wildman–Crippen LogP) is 3.60. The van der Waals surface area contributed by atoms with Crippen molar-refractivity contribution in [3.8, 4) is 0 Å². The largest absolute Gasteiger partial charge is 0.370 e. The molecular formula is C14H23ClIN3. The highest BCUT2D eigenvalue weighted by molar-refractivity contribution is 14.0. The van der Waals surface area contributed by atoms with Crippen molar-refractivity contribution >= 4 is 41.5 Å². The lowest BCUT2D eigenvalue weighted by Gasteiger charge is -2.04. The molecule has 5 heteroatoms. The van der Waals surface area contributed by atoms with Crippen LogP contribution in [0.5, 0.6) is 0 Å². The Hall–Kier alpha value is -0.490. The minimum atomic E-state index is 0. The van der Waals surface area contributed by atoms with Gasteiger partial charge in [0.1, 0.15) is 0 Å². The predicted molar refractivity (Wildman–Crippen MR) is 94.6 cm³/mol. The van der Waals surface area contributed by atoms with E-state index in [1.165, 1.54) is 5.56 Å². The van der Waals surface area contributed by atoms with E-state index in [0.717, 1.165) is 43.8 Å². The molecule has 0 saturated heterocycles. The number of nitrogens with zero attached hydrogens (tertiary/aromatic N) is 1. The Labute approximate surface area is 138 Å². The highest BCUT2D eigenvalue weighted by Crippen LogP contribution is 2.10. The molecule has 1 aromatic rings. The van der Waals surface area contributed by atoms with Crippen molar-refractivity contribution in [2.75, 3.05) is 13.1 Å². The van der Waals surface area contributed by atoms with Crippen molar-refractivity contribution in [2.45, 2.75) is 32.6 Å². The van der Waals surface area contributed by atoms with Crippen molar-refractivity contribution < 1.29 is 0 Å². The zero-order valence-electron chi connectivity index (χ0n) is 11.4. The van der Waals surface area contributed by atoms with Crippen molar-refractivity contribution in [3.63, 3.8) is 0 Å². The Bertz CT molecular complexity index is 365. The molecule has 0 bridgehead atoms. The van der Waals surface area contributed by atoms with Crippen LogP contribution in [0.1, 0.15) is 31.7 Å². The SMILES string of the molecule is CCCCNC(N)=NCCCc1ccc(Cl)cc1.I. The Morgan fingerprint density at radius 3 is 2.58 bits per heavy atom. The molecule has 19 heavy (non-hydrogen) atoms. The summed E-state index contributed by atoms with van der Waals surface area (Å²) in [6.45, 7) is 3.82. The molecule has 0 saturated carbocycles. The van der Waals surface area contributed by atoms with Crippen LogP contribution in [0.25, 0.3) is 0 Å². The van der Waals surface area contributed by atoms with Gasteiger partial charge < -0.3 is 11.1 Å². The van der Waals surface area contributed by atoms with Crippen LogP contribution in [0, 0.1) is 0 Å². The van der Waals surface area contributed by atoms with E-state index < -0.39 is 0 Å². The minimum Gasteiger partial charge on any atom is -0.370 e. The second kappa shape index (κ2) is 11.3. The van der Waals surface area contributed by atoms with Gasteiger partial charge in [-0.15, -0.1) is 24.0 Å². The van der Waals surface area contributed by atoms with Crippen LogP contribution in [0.2, 0.25) is 5.02 Å². The summed E-state index contributed by atoms with van der Waals surface area (Å²) in [5, 5.41) is 3.88. The van der Waals surface area contributed by atoms with Gasteiger partial charge in [0.2, 0.25) is 0 Å². The molecule has 0 atom stereocenters. The molecule has 0 aliphatic rings. The van der Waals surface area contributed by atoms with Gasteiger partial charge in [0.05, 0.1) is 0 Å². The summed E-state index contributed by atoms with van der Waals surface area (Å²) in [5.41, 5.74) is 7.02. The van der Waals surface area contributed by atoms with Crippen molar-refractivity contribution in [2.24, 2.45) is 10.7 Å². The van der Waals surface area contributed by atoms with Crippen LogP contribution in [-0.4, -0.2) is 19.0 Å². The highest BCUT2D eigenvalue weighted by Gasteiger charge is 1.94. The summed E-state index contributed by atoms with van der Waals surface area (Å²) in [7, 11) is 0. The fourth-order valence-corrected chi connectivity index (χ4v) is 1.71. The first kappa shape index (κ1) is 18.5. The van der Waals surface area contributed by atoms with Gasteiger partial charge in [-0.2, -0.15) is 0 Å². The van der Waals surface area contributed by atoms with Gasteiger partial charge in [0.15, 0.2) is 5.96 Å². The molecule has 0 heterocycles. The third-order valence-electron chi connectivity index (χ3n) is 2.66. The Morgan fingerprint density at radius 1 is 1.26 bits per heavy atom. The number of nitrogens with one attached hydrogen (secondary N) is 1. The maximum atomic E-state index is 5.83. The van der Waals surface area contributed by atoms with Gasteiger partial charge in [-0.1, -0.05) is 37.1 Å². The van der Waals surface area contributed by atoms with Crippen molar-refractivity contribution in [1.82, 2.24) is 5.32 Å². The highest BCUT2D eigenvalue weighted by atomic mass is 127. The fraction of sp³-hybridized carbons (Fsp3) is 0.500. The number of guanidine groups is 1. The molecule has 1 aromatic carbocycles. The van der Waals surface area contributed by atoms with Gasteiger partial charge in [-0.05, 0) is 37.0 Å². The van der Waals surface area contributed by atoms with Gasteiger partial charge in [0.25, 0.3) is 0 Å². The smallest absolute Gasteiger partial charge is 0.188 e. The number of nitrogens with two attached hydrogens (primary N) is 1. The van der Waals surface area contributed by atoms with Crippen LogP contribution in [0.3, 0.4) is 0 Å². The molecule has 0 fully saturated rings. The molecule has 0 aliphatic heterocycles. The summed E-state index contributed by atoms with van der Waals surface area (Å²) in [6.07, 6.45) is 4.29. The molecule has 3 nitrogen and oxygen atoms in total. The number of hydrogen-bond donors (Lipinski definition) is 2. The standard InChI is InChI=1S/C14H22ClN3.HI/c1-2-3-10-17-14(16)18-11-4-5-12-6-8-13(15)9-7-12;/h6-9H,2-5,10-11H2,1H3,(H3,16,17,18);1H. The van der Waals surface area contributed by atoms with E-state index in [-0.39, 0.29) is 24.0 Å². The van der Waals surface area contributed by atoms with Gasteiger partial charge in [0, 0.05) is 18.1 Å². The third-order valence-corrected chi connectivity index (χ3v) is 2.91. The van der Waals surface area contributed by atoms with E-state index in [9.17, 15) is 0 Å². The molecule has 0 spiro atoms. The summed E-state index contributed by atoms with van der Waals surface area (Å²) in [4.78, 5) is 4.29. The number of halogens is 2. The first-order valence-electron chi connectivity index (χ1n) is 6.50. The van der Waals surface area contributed by atoms with Crippen LogP contribution in [0.15, 0.2) is 29.3 Å². The van der Waals surface area contributed by atoms with Crippen LogP contribution in [0.4, 0.5) is 0 Å². The Balaban J connectivity index is 0.00000324. The first-order valence-corrected chi connectivity index (χ1v) is 6.88. The van der Waals surface area contributed by atoms with Gasteiger partial charge in [-0.3, -0.25) is 4.99 Å². The van der Waals surface area contributed by atoms with E-state index in [2.05, 4.69) is 29.4 Å². The van der Waals surface area contributed by atoms with Gasteiger partial charge >= 0.3 is 0 Å². The molecule has 0 aliphatic carbocycles. The molecule has 108 valence electrons. The lowest BCUT2D eigenvalue weighted by molar-refractivity contribution is 0.744. The van der Waals surface area contributed by atoms with Crippen LogP contribution in [-0.2, 0) is 6.42 Å². The third kappa shape index (κ3) is 9.10. The maximum Gasteiger partial charge on any atom is 0.188 e. The number of hydrogen-bond acceptors (Lipinski definition) is 1. The van der Waals surface area contributed by atoms with Gasteiger partial charge in [-0.25, -0.2) is 0 Å². The number of aryl methyl sites for hydroxylation is 1. The average molecular weight is 396 g/mol. The molecule has 0 unspecified atom stereocenters. The Kier molecular flexibility index (Phi) is 11.1. The number of benzene rings is 1. The fourth-order valence-electron chi connectivity index (χ4n) is 1.58. The molecule has 1 rings (SSSR count). The van der Waals surface area contributed by atoms with Crippen LogP contribution >= 0.6 is 35.6 Å². The van der Waals surface area contributed by atoms with E-state index >= 15 is 0 Å². The zero-order valence-corrected chi connectivity index (χ0v) is 14.4. The summed E-state index contributed by atoms with van der Waals surface area (Å²) in [6, 6.07) is 7.94. The number of aliphatic imine (C=N–C) groups is 1. The van der Waals surface area contributed by atoms with E-state index in [4.69, 9.17) is 17.3 Å². The normalized spacial score (nSPS) is 10.9. The molecular weight excluding hydrogens is 373 g/mol. The van der Waals surface area contributed by atoms with E-state index in [1.54, 1.807) is 0 Å². The zero-order chi connectivity index (χ0) is 13.2. The topological polar surface area (TPSA) is 50.4 Å². The van der Waals surface area contributed by atoms with Crippen molar-refractivity contribution in [3.05, 3.63) is 34.9 Å². The van der Waals surface area contributed by atoms with E-state index in [0.29, 0.717) is 5.96 Å². The first-order chi connectivity index (χ1) is 8.72. The summed E-state index contributed by atoms with van der Waals surface area (Å²) < 4.78 is 0. The maximum absolute atomic E-state index is 5.83. The van der Waals surface area contributed by atoms with Crippen LogP contribution < -0.4 is 11.1 Å². The monoisotopic (exact) mass is 395 g/mol. The van der Waals surface area contributed by atoms with E-state index in [1.807, 2.05) is 12.1 Å². The number of rotatable bonds is 7. The summed E-state index contributed by atoms with van der Waals surface area (Å²) in [5.74, 6) is 0.555. The van der Waals surface area contributed by atoms with Crippen molar-refractivity contribution in [1.29, 1.82) is 0 Å². The summed E-state index contributed by atoms with van der Waals surface area (Å²) >= 11 is 5.83. The Morgan fingerprint density at radius 2 is 1.95 bits per heavy atom. The molecule has 3 N–H and O–H groups in total. The molecule has 0 radical (unpaired) electrons. The number of unbranched alkanes of at least 4 members (excludes halogenated alkanes) is 1. The average Bonchev–Trinajstić information content (AvgIpc) is 2.37. The minimum absolute atomic E-state index is 0.